The van der Waals surface area contributed by atoms with Gasteiger partial charge in [0.15, 0.2) is 0 Å². The third kappa shape index (κ3) is 3.52. The molecule has 1 saturated heterocycles. The molecular weight excluding hydrogens is 234 g/mol. The molecule has 0 aromatic carbocycles. The fourth-order valence-corrected chi connectivity index (χ4v) is 4.47. The third-order valence-corrected chi connectivity index (χ3v) is 5.75. The fourth-order valence-electron chi connectivity index (χ4n) is 4.47. The van der Waals surface area contributed by atoms with E-state index in [0.717, 1.165) is 24.6 Å². The smallest absolute Gasteiger partial charge is 0.0697 e. The number of hydrogen-bond acceptors (Lipinski definition) is 2. The van der Waals surface area contributed by atoms with Crippen molar-refractivity contribution in [1.82, 2.24) is 5.32 Å². The molecule has 2 saturated carbocycles. The van der Waals surface area contributed by atoms with Crippen LogP contribution in [0.3, 0.4) is 0 Å². The molecule has 1 spiro atoms. The van der Waals surface area contributed by atoms with Gasteiger partial charge in [0.05, 0.1) is 5.60 Å². The molecule has 0 radical (unpaired) electrons. The van der Waals surface area contributed by atoms with Gasteiger partial charge in [-0.1, -0.05) is 26.2 Å². The first-order valence-corrected chi connectivity index (χ1v) is 8.66. The summed E-state index contributed by atoms with van der Waals surface area (Å²) in [6, 6.07) is 1.52. The van der Waals surface area contributed by atoms with E-state index in [-0.39, 0.29) is 5.60 Å². The van der Waals surface area contributed by atoms with Crippen molar-refractivity contribution >= 4 is 0 Å². The van der Waals surface area contributed by atoms with E-state index >= 15 is 0 Å². The SMILES string of the molecule is CC1CCC(NC2CCOC3(CCCCC3)C2)CC1. The van der Waals surface area contributed by atoms with Crippen molar-refractivity contribution in [2.75, 3.05) is 6.61 Å². The highest BCUT2D eigenvalue weighted by atomic mass is 16.5. The molecule has 0 amide bonds. The van der Waals surface area contributed by atoms with Gasteiger partial charge in [-0.05, 0) is 57.3 Å². The van der Waals surface area contributed by atoms with Gasteiger partial charge in [-0.25, -0.2) is 0 Å². The Kier molecular flexibility index (Phi) is 4.48. The van der Waals surface area contributed by atoms with Crippen LogP contribution < -0.4 is 5.32 Å². The Hall–Kier alpha value is -0.0800. The zero-order valence-corrected chi connectivity index (χ0v) is 12.6. The van der Waals surface area contributed by atoms with Crippen LogP contribution in [0.4, 0.5) is 0 Å². The summed E-state index contributed by atoms with van der Waals surface area (Å²) in [4.78, 5) is 0. The summed E-state index contributed by atoms with van der Waals surface area (Å²) in [6.45, 7) is 3.39. The Morgan fingerprint density at radius 2 is 1.63 bits per heavy atom. The fraction of sp³-hybridized carbons (Fsp3) is 1.00. The minimum absolute atomic E-state index is 0.260. The van der Waals surface area contributed by atoms with Gasteiger partial charge in [-0.15, -0.1) is 0 Å². The van der Waals surface area contributed by atoms with Crippen LogP contribution in [-0.2, 0) is 4.74 Å². The van der Waals surface area contributed by atoms with Crippen LogP contribution in [0.2, 0.25) is 0 Å². The molecule has 1 atom stereocenters. The first-order chi connectivity index (χ1) is 9.26. The third-order valence-electron chi connectivity index (χ3n) is 5.75. The normalized spacial score (nSPS) is 39.3. The zero-order valence-electron chi connectivity index (χ0n) is 12.6. The Labute approximate surface area is 118 Å². The van der Waals surface area contributed by atoms with Gasteiger partial charge in [0.25, 0.3) is 0 Å². The van der Waals surface area contributed by atoms with Gasteiger partial charge < -0.3 is 10.1 Å². The van der Waals surface area contributed by atoms with Crippen molar-refractivity contribution in [2.24, 2.45) is 5.92 Å². The molecule has 1 unspecified atom stereocenters. The Morgan fingerprint density at radius 1 is 0.895 bits per heavy atom. The molecular formula is C17H31NO. The molecule has 0 aromatic heterocycles. The van der Waals surface area contributed by atoms with Crippen LogP contribution in [0.15, 0.2) is 0 Å². The molecule has 2 heteroatoms. The maximum absolute atomic E-state index is 6.20. The van der Waals surface area contributed by atoms with E-state index in [4.69, 9.17) is 4.74 Å². The molecule has 3 aliphatic rings. The largest absolute Gasteiger partial charge is 0.375 e. The Balaban J connectivity index is 1.50. The highest BCUT2D eigenvalue weighted by Gasteiger charge is 2.38. The molecule has 110 valence electrons. The summed E-state index contributed by atoms with van der Waals surface area (Å²) in [7, 11) is 0. The molecule has 0 aromatic rings. The van der Waals surface area contributed by atoms with Crippen LogP contribution in [0, 0.1) is 5.92 Å². The molecule has 3 fully saturated rings. The zero-order chi connectivity index (χ0) is 13.1. The summed E-state index contributed by atoms with van der Waals surface area (Å²) < 4.78 is 6.20. The molecule has 2 nitrogen and oxygen atoms in total. The van der Waals surface area contributed by atoms with Crippen molar-refractivity contribution in [2.45, 2.75) is 95.2 Å². The predicted octanol–water partition coefficient (Wildman–Crippen LogP) is 4.04. The van der Waals surface area contributed by atoms with Crippen molar-refractivity contribution in [3.63, 3.8) is 0 Å². The summed E-state index contributed by atoms with van der Waals surface area (Å²) >= 11 is 0. The first-order valence-electron chi connectivity index (χ1n) is 8.66. The highest BCUT2D eigenvalue weighted by Crippen LogP contribution is 2.39. The molecule has 1 aliphatic heterocycles. The second kappa shape index (κ2) is 6.13. The maximum Gasteiger partial charge on any atom is 0.0697 e. The van der Waals surface area contributed by atoms with Crippen LogP contribution in [0.1, 0.15) is 77.6 Å². The second-order valence-corrected chi connectivity index (χ2v) is 7.41. The lowest BCUT2D eigenvalue weighted by atomic mass is 9.77. The van der Waals surface area contributed by atoms with Gasteiger partial charge in [0.1, 0.15) is 0 Å². The van der Waals surface area contributed by atoms with Gasteiger partial charge in [0.2, 0.25) is 0 Å². The quantitative estimate of drug-likeness (QED) is 0.813. The average molecular weight is 265 g/mol. The molecule has 1 N–H and O–H groups in total. The van der Waals surface area contributed by atoms with Gasteiger partial charge in [-0.3, -0.25) is 0 Å². The lowest BCUT2D eigenvalue weighted by Crippen LogP contribution is -2.51. The van der Waals surface area contributed by atoms with E-state index in [9.17, 15) is 0 Å². The van der Waals surface area contributed by atoms with E-state index in [1.54, 1.807) is 0 Å². The minimum Gasteiger partial charge on any atom is -0.375 e. The summed E-state index contributed by atoms with van der Waals surface area (Å²) in [5.74, 6) is 0.956. The number of nitrogens with one attached hydrogen (secondary N) is 1. The van der Waals surface area contributed by atoms with E-state index < -0.39 is 0 Å². The Morgan fingerprint density at radius 3 is 2.37 bits per heavy atom. The van der Waals surface area contributed by atoms with Gasteiger partial charge in [0, 0.05) is 18.7 Å². The van der Waals surface area contributed by atoms with Crippen molar-refractivity contribution in [1.29, 1.82) is 0 Å². The van der Waals surface area contributed by atoms with Crippen molar-refractivity contribution in [3.8, 4) is 0 Å². The summed E-state index contributed by atoms with van der Waals surface area (Å²) in [6.07, 6.45) is 15.0. The van der Waals surface area contributed by atoms with Gasteiger partial charge >= 0.3 is 0 Å². The first kappa shape index (κ1) is 13.9. The topological polar surface area (TPSA) is 21.3 Å². The number of ether oxygens (including phenoxy) is 1. The van der Waals surface area contributed by atoms with Crippen molar-refractivity contribution < 1.29 is 4.74 Å². The van der Waals surface area contributed by atoms with Crippen molar-refractivity contribution in [3.05, 3.63) is 0 Å². The molecule has 1 heterocycles. The lowest BCUT2D eigenvalue weighted by Gasteiger charge is -2.45. The summed E-state index contributed by atoms with van der Waals surface area (Å²) in [5, 5.41) is 3.97. The summed E-state index contributed by atoms with van der Waals surface area (Å²) in [5.41, 5.74) is 0.260. The average Bonchev–Trinajstić information content (AvgIpc) is 2.42. The van der Waals surface area contributed by atoms with Crippen LogP contribution in [0.5, 0.6) is 0 Å². The van der Waals surface area contributed by atoms with E-state index in [0.29, 0.717) is 0 Å². The van der Waals surface area contributed by atoms with Crippen LogP contribution in [0.25, 0.3) is 0 Å². The standard InChI is InChI=1S/C17H31NO/c1-14-5-7-15(8-6-14)18-16-9-12-19-17(13-16)10-3-2-4-11-17/h14-16,18H,2-13H2,1H3. The monoisotopic (exact) mass is 265 g/mol. The minimum atomic E-state index is 0.260. The molecule has 0 bridgehead atoms. The van der Waals surface area contributed by atoms with Gasteiger partial charge in [-0.2, -0.15) is 0 Å². The highest BCUT2D eigenvalue weighted by molar-refractivity contribution is 4.93. The molecule has 19 heavy (non-hydrogen) atoms. The number of hydrogen-bond donors (Lipinski definition) is 1. The van der Waals surface area contributed by atoms with E-state index in [1.807, 2.05) is 0 Å². The number of rotatable bonds is 2. The lowest BCUT2D eigenvalue weighted by molar-refractivity contribution is -0.110. The maximum atomic E-state index is 6.20. The van der Waals surface area contributed by atoms with E-state index in [1.165, 1.54) is 70.6 Å². The molecule has 3 rings (SSSR count). The van der Waals surface area contributed by atoms with Crippen LogP contribution >= 0.6 is 0 Å². The second-order valence-electron chi connectivity index (χ2n) is 7.41. The Bertz CT molecular complexity index is 271. The van der Waals surface area contributed by atoms with E-state index in [2.05, 4.69) is 12.2 Å². The predicted molar refractivity (Wildman–Crippen MR) is 79.3 cm³/mol. The molecule has 2 aliphatic carbocycles. The van der Waals surface area contributed by atoms with Crippen LogP contribution in [-0.4, -0.2) is 24.3 Å².